The van der Waals surface area contributed by atoms with Gasteiger partial charge in [-0.1, -0.05) is 44.2 Å². The van der Waals surface area contributed by atoms with Gasteiger partial charge in [-0.15, -0.1) is 0 Å². The molecule has 3 atom stereocenters. The van der Waals surface area contributed by atoms with E-state index in [2.05, 4.69) is 35.1 Å². The van der Waals surface area contributed by atoms with Crippen LogP contribution in [-0.2, 0) is 16.6 Å². The number of fused-ring (bicyclic) bond motifs is 2. The Bertz CT molecular complexity index is 1100. The molecular formula is C25H31BrN2O3S. The number of sulfonamides is 1. The lowest BCUT2D eigenvalue weighted by atomic mass is 9.45. The predicted molar refractivity (Wildman–Crippen MR) is 130 cm³/mol. The largest absolute Gasteiger partial charge is 0.352 e. The quantitative estimate of drug-likeness (QED) is 0.556. The Kier molecular flexibility index (Phi) is 6.54. The number of benzene rings is 2. The minimum absolute atomic E-state index is 0.101. The lowest BCUT2D eigenvalue weighted by Gasteiger charge is -2.60. The third-order valence-corrected chi connectivity index (χ3v) is 10.5. The van der Waals surface area contributed by atoms with E-state index in [1.807, 2.05) is 30.3 Å². The van der Waals surface area contributed by atoms with Crippen molar-refractivity contribution in [2.45, 2.75) is 44.6 Å². The molecule has 3 aliphatic rings. The van der Waals surface area contributed by atoms with Crippen LogP contribution in [0.1, 0.15) is 49.0 Å². The van der Waals surface area contributed by atoms with Crippen molar-refractivity contribution < 1.29 is 13.2 Å². The summed E-state index contributed by atoms with van der Waals surface area (Å²) in [5.41, 5.74) is 1.63. The van der Waals surface area contributed by atoms with Gasteiger partial charge in [0.2, 0.25) is 10.0 Å². The molecule has 172 valence electrons. The molecule has 0 aliphatic heterocycles. The average Bonchev–Trinajstić information content (AvgIpc) is 2.78. The van der Waals surface area contributed by atoms with E-state index in [4.69, 9.17) is 0 Å². The maximum atomic E-state index is 13.2. The fraction of sp³-hybridized carbons (Fsp3) is 0.480. The molecule has 1 unspecified atom stereocenters. The van der Waals surface area contributed by atoms with Gasteiger partial charge in [-0.25, -0.2) is 8.42 Å². The number of nitrogens with zero attached hydrogens (tertiary/aromatic N) is 1. The summed E-state index contributed by atoms with van der Waals surface area (Å²) in [6.45, 7) is 5.59. The first kappa shape index (κ1) is 23.5. The van der Waals surface area contributed by atoms with Crippen molar-refractivity contribution in [3.63, 3.8) is 0 Å². The second-order valence-electron chi connectivity index (χ2n) is 9.80. The molecule has 0 radical (unpaired) electrons. The van der Waals surface area contributed by atoms with E-state index in [-0.39, 0.29) is 17.3 Å². The molecule has 0 heterocycles. The van der Waals surface area contributed by atoms with E-state index in [9.17, 15) is 13.2 Å². The Morgan fingerprint density at radius 2 is 1.88 bits per heavy atom. The van der Waals surface area contributed by atoms with E-state index in [0.717, 1.165) is 17.9 Å². The molecule has 0 saturated heterocycles. The highest BCUT2D eigenvalue weighted by molar-refractivity contribution is 9.10. The van der Waals surface area contributed by atoms with Gasteiger partial charge in [-0.3, -0.25) is 4.79 Å². The summed E-state index contributed by atoms with van der Waals surface area (Å²) in [6.07, 6.45) is 3.66. The fourth-order valence-electron chi connectivity index (χ4n) is 5.47. The highest BCUT2D eigenvalue weighted by atomic mass is 79.9. The average molecular weight is 520 g/mol. The number of carbonyl (C=O) groups is 1. The van der Waals surface area contributed by atoms with E-state index in [1.54, 1.807) is 19.2 Å². The molecular weight excluding hydrogens is 488 g/mol. The first-order chi connectivity index (χ1) is 15.1. The van der Waals surface area contributed by atoms with Crippen molar-refractivity contribution in [2.75, 3.05) is 13.6 Å². The minimum Gasteiger partial charge on any atom is -0.352 e. The monoisotopic (exact) mass is 518 g/mol. The second kappa shape index (κ2) is 8.92. The zero-order chi connectivity index (χ0) is 23.1. The van der Waals surface area contributed by atoms with Crippen molar-refractivity contribution in [3.05, 3.63) is 64.1 Å². The molecule has 0 aromatic heterocycles. The third kappa shape index (κ3) is 4.39. The van der Waals surface area contributed by atoms with Crippen LogP contribution in [0.2, 0.25) is 0 Å². The molecule has 3 saturated carbocycles. The summed E-state index contributed by atoms with van der Waals surface area (Å²) in [7, 11) is -2.22. The number of nitrogens with one attached hydrogen (secondary N) is 1. The Morgan fingerprint density at radius 1 is 1.16 bits per heavy atom. The Labute approximate surface area is 199 Å². The van der Waals surface area contributed by atoms with Gasteiger partial charge < -0.3 is 5.32 Å². The molecule has 1 N–H and O–H groups in total. The van der Waals surface area contributed by atoms with Gasteiger partial charge in [-0.2, -0.15) is 4.31 Å². The number of rotatable bonds is 7. The maximum Gasteiger partial charge on any atom is 0.251 e. The van der Waals surface area contributed by atoms with Crippen LogP contribution in [0.25, 0.3) is 0 Å². The van der Waals surface area contributed by atoms with Gasteiger partial charge in [-0.05, 0) is 82.1 Å². The fourth-order valence-corrected chi connectivity index (χ4v) is 7.57. The van der Waals surface area contributed by atoms with Crippen LogP contribution in [0.4, 0.5) is 0 Å². The number of carbonyl (C=O) groups excluding carboxylic acids is 1. The number of halogens is 1. The lowest BCUT2D eigenvalue weighted by Crippen LogP contribution is -2.54. The molecule has 32 heavy (non-hydrogen) atoms. The van der Waals surface area contributed by atoms with Crippen molar-refractivity contribution in [1.29, 1.82) is 0 Å². The van der Waals surface area contributed by atoms with Gasteiger partial charge >= 0.3 is 0 Å². The van der Waals surface area contributed by atoms with Gasteiger partial charge in [0.15, 0.2) is 0 Å². The topological polar surface area (TPSA) is 66.5 Å². The molecule has 3 aliphatic carbocycles. The van der Waals surface area contributed by atoms with Crippen molar-refractivity contribution in [1.82, 2.24) is 9.62 Å². The van der Waals surface area contributed by atoms with Gasteiger partial charge in [0.1, 0.15) is 0 Å². The zero-order valence-corrected chi connectivity index (χ0v) is 21.2. The summed E-state index contributed by atoms with van der Waals surface area (Å²) < 4.78 is 28.2. The van der Waals surface area contributed by atoms with Crippen molar-refractivity contribution in [2.24, 2.45) is 23.2 Å². The summed E-state index contributed by atoms with van der Waals surface area (Å²) in [5, 5.41) is 3.07. The summed E-state index contributed by atoms with van der Waals surface area (Å²) in [5.74, 6) is 1.76. The standard InChI is InChI=1S/C25H31BrN2O3S/c1-25(2)20-11-9-19(21(25)14-20)15-27-24(29)18-10-12-22(26)23(13-18)32(30,31)28(3)16-17-7-5-4-6-8-17/h4-8,10,12-13,19-21H,9,11,14-16H2,1-3H3,(H,27,29)/t19?,20-,21+/m0/s1. The van der Waals surface area contributed by atoms with E-state index < -0.39 is 10.0 Å². The Balaban J connectivity index is 1.46. The molecule has 3 fully saturated rings. The maximum absolute atomic E-state index is 13.2. The van der Waals surface area contributed by atoms with Crippen LogP contribution < -0.4 is 5.32 Å². The Hall–Kier alpha value is -1.70. The third-order valence-electron chi connectivity index (χ3n) is 7.66. The molecule has 1 amide bonds. The molecule has 7 heteroatoms. The van der Waals surface area contributed by atoms with Crippen LogP contribution in [0.15, 0.2) is 57.9 Å². The molecule has 0 spiro atoms. The van der Waals surface area contributed by atoms with Crippen LogP contribution in [-0.4, -0.2) is 32.2 Å². The van der Waals surface area contributed by atoms with Crippen LogP contribution >= 0.6 is 15.9 Å². The van der Waals surface area contributed by atoms with E-state index >= 15 is 0 Å². The van der Waals surface area contributed by atoms with Gasteiger partial charge in [0.05, 0.1) is 4.90 Å². The highest BCUT2D eigenvalue weighted by Crippen LogP contribution is 2.61. The lowest BCUT2D eigenvalue weighted by molar-refractivity contribution is -0.103. The van der Waals surface area contributed by atoms with Gasteiger partial charge in [0.25, 0.3) is 5.91 Å². The minimum atomic E-state index is -3.77. The SMILES string of the molecule is CN(Cc1ccccc1)S(=O)(=O)c1cc(C(=O)NCC2CC[C@H]3C[C@H]2C3(C)C)ccc1Br. The predicted octanol–water partition coefficient (Wildman–Crippen LogP) is 5.07. The van der Waals surface area contributed by atoms with Crippen LogP contribution in [0, 0.1) is 23.2 Å². The normalized spacial score (nSPS) is 24.1. The molecule has 2 bridgehead atoms. The number of hydrogen-bond acceptors (Lipinski definition) is 3. The molecule has 2 aromatic carbocycles. The highest BCUT2D eigenvalue weighted by Gasteiger charge is 2.53. The van der Waals surface area contributed by atoms with Crippen LogP contribution in [0.3, 0.4) is 0 Å². The molecule has 5 rings (SSSR count). The summed E-state index contributed by atoms with van der Waals surface area (Å²) in [4.78, 5) is 13.0. The smallest absolute Gasteiger partial charge is 0.251 e. The van der Waals surface area contributed by atoms with Crippen LogP contribution in [0.5, 0.6) is 0 Å². The van der Waals surface area contributed by atoms with Gasteiger partial charge in [0, 0.05) is 30.2 Å². The number of hydrogen-bond donors (Lipinski definition) is 1. The van der Waals surface area contributed by atoms with E-state index in [0.29, 0.717) is 33.8 Å². The zero-order valence-electron chi connectivity index (χ0n) is 18.8. The summed E-state index contributed by atoms with van der Waals surface area (Å²) >= 11 is 3.36. The first-order valence-electron chi connectivity index (χ1n) is 11.2. The first-order valence-corrected chi connectivity index (χ1v) is 13.4. The van der Waals surface area contributed by atoms with Crippen molar-refractivity contribution >= 4 is 31.9 Å². The number of amides is 1. The second-order valence-corrected chi connectivity index (χ2v) is 12.7. The Morgan fingerprint density at radius 3 is 2.53 bits per heavy atom. The molecule has 2 aromatic rings. The van der Waals surface area contributed by atoms with Crippen molar-refractivity contribution in [3.8, 4) is 0 Å². The van der Waals surface area contributed by atoms with E-state index in [1.165, 1.54) is 23.2 Å². The summed E-state index contributed by atoms with van der Waals surface area (Å²) in [6, 6.07) is 14.2. The molecule has 5 nitrogen and oxygen atoms in total.